The minimum Gasteiger partial charge on any atom is -0.444 e. The average Bonchev–Trinajstić information content (AvgIpc) is 2.55. The number of piperidine rings is 1. The number of benzene rings is 1. The van der Waals surface area contributed by atoms with Gasteiger partial charge in [0.1, 0.15) is 5.60 Å². The molecule has 0 unspecified atom stereocenters. The molecule has 1 fully saturated rings. The fraction of sp³-hybridized carbons (Fsp3) is 0.619. The van der Waals surface area contributed by atoms with Crippen LogP contribution >= 0.6 is 0 Å². The molecule has 5 heteroatoms. The van der Waals surface area contributed by atoms with Crippen molar-refractivity contribution in [3.05, 3.63) is 29.8 Å². The van der Waals surface area contributed by atoms with Gasteiger partial charge in [-0.2, -0.15) is 0 Å². The summed E-state index contributed by atoms with van der Waals surface area (Å²) in [6.07, 6.45) is 5.32. The molecule has 0 aromatic heterocycles. The van der Waals surface area contributed by atoms with Crippen LogP contribution in [0.4, 0.5) is 10.5 Å². The van der Waals surface area contributed by atoms with Gasteiger partial charge in [0.15, 0.2) is 0 Å². The average molecular weight is 360 g/mol. The largest absolute Gasteiger partial charge is 0.444 e. The fourth-order valence-corrected chi connectivity index (χ4v) is 3.28. The van der Waals surface area contributed by atoms with E-state index >= 15 is 0 Å². The van der Waals surface area contributed by atoms with Crippen molar-refractivity contribution in [2.75, 3.05) is 18.4 Å². The number of carbonyl (C=O) groups excluding carboxylic acids is 2. The molecule has 144 valence electrons. The van der Waals surface area contributed by atoms with Crippen LogP contribution in [0.25, 0.3) is 0 Å². The third kappa shape index (κ3) is 7.06. The molecule has 0 radical (unpaired) electrons. The van der Waals surface area contributed by atoms with Gasteiger partial charge in [-0.25, -0.2) is 4.79 Å². The molecule has 0 saturated carbocycles. The number of anilines is 1. The smallest absolute Gasteiger partial charge is 0.410 e. The van der Waals surface area contributed by atoms with Gasteiger partial charge in [0, 0.05) is 25.7 Å². The quantitative estimate of drug-likeness (QED) is 0.834. The Labute approximate surface area is 157 Å². The normalized spacial score (nSPS) is 15.6. The molecular formula is C21H32N2O3. The van der Waals surface area contributed by atoms with Crippen LogP contribution in [0.15, 0.2) is 24.3 Å². The molecule has 5 nitrogen and oxygen atoms in total. The monoisotopic (exact) mass is 360 g/mol. The van der Waals surface area contributed by atoms with Crippen molar-refractivity contribution in [2.45, 2.75) is 65.4 Å². The van der Waals surface area contributed by atoms with Crippen molar-refractivity contribution >= 4 is 17.7 Å². The van der Waals surface area contributed by atoms with Crippen LogP contribution in [-0.2, 0) is 16.0 Å². The predicted molar refractivity (Wildman–Crippen MR) is 104 cm³/mol. The first-order chi connectivity index (χ1) is 12.2. The second-order valence-corrected chi connectivity index (χ2v) is 8.18. The predicted octanol–water partition coefficient (Wildman–Crippen LogP) is 4.61. The van der Waals surface area contributed by atoms with Gasteiger partial charge in [-0.15, -0.1) is 0 Å². The number of amides is 2. The third-order valence-electron chi connectivity index (χ3n) is 4.62. The lowest BCUT2D eigenvalue weighted by atomic mass is 9.91. The molecule has 1 aliphatic heterocycles. The molecule has 2 rings (SSSR count). The lowest BCUT2D eigenvalue weighted by molar-refractivity contribution is -0.114. The number of nitrogens with zero attached hydrogens (tertiary/aromatic N) is 1. The first-order valence-electron chi connectivity index (χ1n) is 9.57. The summed E-state index contributed by atoms with van der Waals surface area (Å²) in [5.41, 5.74) is 1.71. The number of rotatable bonds is 5. The highest BCUT2D eigenvalue weighted by molar-refractivity contribution is 5.88. The topological polar surface area (TPSA) is 58.6 Å². The number of hydrogen-bond acceptors (Lipinski definition) is 3. The van der Waals surface area contributed by atoms with Crippen molar-refractivity contribution in [1.82, 2.24) is 4.90 Å². The van der Waals surface area contributed by atoms with Crippen LogP contribution in [-0.4, -0.2) is 35.6 Å². The fourth-order valence-electron chi connectivity index (χ4n) is 3.28. The molecule has 1 N–H and O–H groups in total. The van der Waals surface area contributed by atoms with E-state index in [1.54, 1.807) is 0 Å². The summed E-state index contributed by atoms with van der Waals surface area (Å²) in [6, 6.07) is 8.07. The highest BCUT2D eigenvalue weighted by Gasteiger charge is 2.26. The molecule has 1 aromatic carbocycles. The van der Waals surface area contributed by atoms with E-state index in [1.807, 2.05) is 37.8 Å². The Morgan fingerprint density at radius 1 is 1.15 bits per heavy atom. The van der Waals surface area contributed by atoms with Gasteiger partial charge in [0.2, 0.25) is 5.91 Å². The first kappa shape index (κ1) is 20.3. The Balaban J connectivity index is 1.67. The molecule has 1 aromatic rings. The number of nitrogens with one attached hydrogen (secondary N) is 1. The number of hydrogen-bond donors (Lipinski definition) is 1. The molecular weight excluding hydrogens is 328 g/mol. The lowest BCUT2D eigenvalue weighted by Crippen LogP contribution is -2.41. The van der Waals surface area contributed by atoms with E-state index in [4.69, 9.17) is 4.74 Å². The van der Waals surface area contributed by atoms with Crippen LogP contribution in [0.3, 0.4) is 0 Å². The van der Waals surface area contributed by atoms with Crippen molar-refractivity contribution in [3.8, 4) is 0 Å². The summed E-state index contributed by atoms with van der Waals surface area (Å²) in [5, 5.41) is 2.79. The summed E-state index contributed by atoms with van der Waals surface area (Å²) in [4.78, 5) is 25.0. The molecule has 1 saturated heterocycles. The number of likely N-dealkylation sites (tertiary alicyclic amines) is 1. The summed E-state index contributed by atoms with van der Waals surface area (Å²) in [6.45, 7) is 8.82. The van der Waals surface area contributed by atoms with Gasteiger partial charge < -0.3 is 15.0 Å². The maximum absolute atomic E-state index is 12.1. The van der Waals surface area contributed by atoms with Gasteiger partial charge in [-0.3, -0.25) is 4.79 Å². The van der Waals surface area contributed by atoms with Crippen LogP contribution in [0.2, 0.25) is 0 Å². The second kappa shape index (κ2) is 9.06. The van der Waals surface area contributed by atoms with E-state index in [2.05, 4.69) is 17.4 Å². The van der Waals surface area contributed by atoms with Gasteiger partial charge in [-0.05, 0) is 76.5 Å². The minimum atomic E-state index is -0.427. The van der Waals surface area contributed by atoms with Crippen LogP contribution in [0.1, 0.15) is 58.9 Å². The summed E-state index contributed by atoms with van der Waals surface area (Å²) in [5.74, 6) is 0.641. The second-order valence-electron chi connectivity index (χ2n) is 8.18. The maximum atomic E-state index is 12.1. The number of carbonyl (C=O) groups is 2. The molecule has 0 bridgehead atoms. The van der Waals surface area contributed by atoms with Gasteiger partial charge in [-0.1, -0.05) is 12.1 Å². The Bertz CT molecular complexity index is 597. The summed E-state index contributed by atoms with van der Waals surface area (Å²) < 4.78 is 5.45. The van der Waals surface area contributed by atoms with Gasteiger partial charge in [0.25, 0.3) is 0 Å². The third-order valence-corrected chi connectivity index (χ3v) is 4.62. The Hall–Kier alpha value is -2.04. The highest BCUT2D eigenvalue weighted by Crippen LogP contribution is 2.24. The number of ether oxygens (including phenoxy) is 1. The van der Waals surface area contributed by atoms with Crippen LogP contribution < -0.4 is 5.32 Å². The first-order valence-corrected chi connectivity index (χ1v) is 9.57. The van der Waals surface area contributed by atoms with E-state index in [-0.39, 0.29) is 12.0 Å². The zero-order valence-electron chi connectivity index (χ0n) is 16.5. The molecule has 1 aliphatic rings. The zero-order chi connectivity index (χ0) is 19.2. The molecule has 0 atom stereocenters. The zero-order valence-corrected chi connectivity index (χ0v) is 16.5. The van der Waals surface area contributed by atoms with Crippen molar-refractivity contribution in [3.63, 3.8) is 0 Å². The minimum absolute atomic E-state index is 0.0459. The van der Waals surface area contributed by atoms with Crippen molar-refractivity contribution < 1.29 is 14.3 Å². The van der Waals surface area contributed by atoms with E-state index < -0.39 is 5.60 Å². The molecule has 0 spiro atoms. The summed E-state index contributed by atoms with van der Waals surface area (Å²) >= 11 is 0. The molecule has 1 heterocycles. The molecule has 2 amide bonds. The van der Waals surface area contributed by atoms with Crippen LogP contribution in [0.5, 0.6) is 0 Å². The Morgan fingerprint density at radius 2 is 1.77 bits per heavy atom. The molecule has 0 aliphatic carbocycles. The maximum Gasteiger partial charge on any atom is 0.410 e. The highest BCUT2D eigenvalue weighted by atomic mass is 16.6. The van der Waals surface area contributed by atoms with E-state index in [1.165, 1.54) is 18.9 Å². The van der Waals surface area contributed by atoms with E-state index in [0.717, 1.165) is 44.5 Å². The van der Waals surface area contributed by atoms with Crippen molar-refractivity contribution in [1.29, 1.82) is 0 Å². The van der Waals surface area contributed by atoms with Crippen LogP contribution in [0, 0.1) is 5.92 Å². The lowest BCUT2D eigenvalue weighted by Gasteiger charge is -2.33. The Morgan fingerprint density at radius 3 is 2.31 bits per heavy atom. The van der Waals surface area contributed by atoms with E-state index in [0.29, 0.717) is 5.92 Å². The van der Waals surface area contributed by atoms with Crippen molar-refractivity contribution in [2.24, 2.45) is 5.92 Å². The standard InChI is InChI=1S/C21H32N2O3/c1-16(24)22-19-10-8-17(9-11-19)6-5-7-18-12-14-23(15-13-18)20(25)26-21(2,3)4/h8-11,18H,5-7,12-15H2,1-4H3,(H,22,24). The summed E-state index contributed by atoms with van der Waals surface area (Å²) in [7, 11) is 0. The number of aryl methyl sites for hydroxylation is 1. The van der Waals surface area contributed by atoms with Gasteiger partial charge >= 0.3 is 6.09 Å². The Kier molecular flexibility index (Phi) is 7.06. The van der Waals surface area contributed by atoms with E-state index in [9.17, 15) is 9.59 Å². The molecule has 26 heavy (non-hydrogen) atoms. The van der Waals surface area contributed by atoms with Gasteiger partial charge in [0.05, 0.1) is 0 Å². The SMILES string of the molecule is CC(=O)Nc1ccc(CCCC2CCN(C(=O)OC(C)(C)C)CC2)cc1.